The number of nitrogens with one attached hydrogen (secondary N) is 1. The maximum atomic E-state index is 4.05. The Bertz CT molecular complexity index is 512. The average molecular weight is 284 g/mol. The lowest BCUT2D eigenvalue weighted by molar-refractivity contribution is 0.578. The minimum atomic E-state index is 0.987. The molecule has 0 unspecified atom stereocenters. The van der Waals surface area contributed by atoms with E-state index in [0.717, 1.165) is 19.5 Å². The van der Waals surface area contributed by atoms with E-state index in [-0.39, 0.29) is 0 Å². The summed E-state index contributed by atoms with van der Waals surface area (Å²) < 4.78 is 2.11. The molecular weight excluding hydrogens is 260 g/mol. The molecule has 0 bridgehead atoms. The maximum Gasteiger partial charge on any atom is 0.0945 e. The number of aromatic nitrogens is 2. The topological polar surface area (TPSA) is 33.1 Å². The Morgan fingerprint density at radius 3 is 2.57 bits per heavy atom. The van der Waals surface area contributed by atoms with Crippen molar-refractivity contribution in [2.45, 2.75) is 32.2 Å². The van der Waals surface area contributed by atoms with Gasteiger partial charge in [0.25, 0.3) is 0 Å². The molecule has 0 saturated carbocycles. The first-order valence-corrected chi connectivity index (χ1v) is 7.96. The van der Waals surface area contributed by atoms with Crippen LogP contribution in [0.15, 0.2) is 43.0 Å². The molecule has 0 radical (unpaired) electrons. The molecule has 112 valence electrons. The summed E-state index contributed by atoms with van der Waals surface area (Å²) in [6.45, 7) is 4.41. The molecule has 0 atom stereocenters. The Labute approximate surface area is 126 Å². The van der Waals surface area contributed by atoms with Crippen LogP contribution in [0.2, 0.25) is 0 Å². The van der Waals surface area contributed by atoms with Crippen molar-refractivity contribution in [2.24, 2.45) is 0 Å². The fourth-order valence-corrected chi connectivity index (χ4v) is 2.86. The van der Waals surface area contributed by atoms with Gasteiger partial charge in [0, 0.05) is 49.9 Å². The van der Waals surface area contributed by atoms with Gasteiger partial charge in [0.1, 0.15) is 0 Å². The molecule has 1 aliphatic heterocycles. The number of nitrogens with zero attached hydrogens (tertiary/aromatic N) is 3. The lowest BCUT2D eigenvalue weighted by Gasteiger charge is -2.28. The maximum absolute atomic E-state index is 4.05. The van der Waals surface area contributed by atoms with E-state index in [4.69, 9.17) is 0 Å². The molecule has 1 aliphatic rings. The van der Waals surface area contributed by atoms with Crippen LogP contribution in [0, 0.1) is 0 Å². The Kier molecular flexibility index (Phi) is 4.77. The molecule has 4 nitrogen and oxygen atoms in total. The molecule has 1 N–H and O–H groups in total. The molecule has 1 aromatic heterocycles. The van der Waals surface area contributed by atoms with Crippen LogP contribution in [0.5, 0.6) is 0 Å². The monoisotopic (exact) mass is 284 g/mol. The summed E-state index contributed by atoms with van der Waals surface area (Å²) in [5.74, 6) is 0. The standard InChI is InChI=1S/C17H24N4/c1-2-12-21(13-3-1)17-7-5-16(6-8-17)19-9-4-11-20-14-10-18-15-20/h5-8,10,14-15,19H,1-4,9,11-13H2. The predicted octanol–water partition coefficient (Wildman–Crippen LogP) is 3.38. The molecule has 2 heterocycles. The summed E-state index contributed by atoms with van der Waals surface area (Å²) in [7, 11) is 0. The van der Waals surface area contributed by atoms with Crippen molar-refractivity contribution in [3.63, 3.8) is 0 Å². The summed E-state index contributed by atoms with van der Waals surface area (Å²) in [6, 6.07) is 8.87. The Morgan fingerprint density at radius 1 is 1.05 bits per heavy atom. The second-order valence-electron chi connectivity index (χ2n) is 5.68. The van der Waals surface area contributed by atoms with E-state index in [0.29, 0.717) is 0 Å². The third-order valence-corrected chi connectivity index (χ3v) is 4.07. The highest BCUT2D eigenvalue weighted by Crippen LogP contribution is 2.21. The van der Waals surface area contributed by atoms with Crippen molar-refractivity contribution in [3.8, 4) is 0 Å². The molecule has 0 spiro atoms. The third kappa shape index (κ3) is 4.00. The van der Waals surface area contributed by atoms with Crippen LogP contribution in [0.4, 0.5) is 11.4 Å². The lowest BCUT2D eigenvalue weighted by atomic mass is 10.1. The van der Waals surface area contributed by atoms with Gasteiger partial charge in [0.05, 0.1) is 6.33 Å². The first kappa shape index (κ1) is 14.0. The van der Waals surface area contributed by atoms with Crippen molar-refractivity contribution >= 4 is 11.4 Å². The van der Waals surface area contributed by atoms with E-state index in [9.17, 15) is 0 Å². The zero-order valence-corrected chi connectivity index (χ0v) is 12.5. The van der Waals surface area contributed by atoms with E-state index < -0.39 is 0 Å². The van der Waals surface area contributed by atoms with Gasteiger partial charge in [-0.25, -0.2) is 4.98 Å². The first-order chi connectivity index (χ1) is 10.4. The highest BCUT2D eigenvalue weighted by atomic mass is 15.1. The van der Waals surface area contributed by atoms with Gasteiger partial charge in [-0.2, -0.15) is 0 Å². The Hall–Kier alpha value is -1.97. The lowest BCUT2D eigenvalue weighted by Crippen LogP contribution is -2.29. The van der Waals surface area contributed by atoms with Crippen LogP contribution in [-0.4, -0.2) is 29.2 Å². The van der Waals surface area contributed by atoms with E-state index in [1.165, 1.54) is 43.7 Å². The minimum Gasteiger partial charge on any atom is -0.385 e. The molecule has 0 aliphatic carbocycles. The number of rotatable bonds is 6. The van der Waals surface area contributed by atoms with Crippen molar-refractivity contribution < 1.29 is 0 Å². The molecule has 4 heteroatoms. The number of aryl methyl sites for hydroxylation is 1. The summed E-state index contributed by atoms with van der Waals surface area (Å²) in [4.78, 5) is 6.54. The molecular formula is C17H24N4. The van der Waals surface area contributed by atoms with Crippen molar-refractivity contribution in [1.82, 2.24) is 9.55 Å². The van der Waals surface area contributed by atoms with Gasteiger partial charge in [-0.15, -0.1) is 0 Å². The van der Waals surface area contributed by atoms with Crippen molar-refractivity contribution in [2.75, 3.05) is 29.9 Å². The number of benzene rings is 1. The largest absolute Gasteiger partial charge is 0.385 e. The number of hydrogen-bond acceptors (Lipinski definition) is 3. The van der Waals surface area contributed by atoms with E-state index in [2.05, 4.69) is 44.0 Å². The quantitative estimate of drug-likeness (QED) is 0.826. The van der Waals surface area contributed by atoms with Crippen molar-refractivity contribution in [1.29, 1.82) is 0 Å². The van der Waals surface area contributed by atoms with E-state index >= 15 is 0 Å². The first-order valence-electron chi connectivity index (χ1n) is 7.96. The summed E-state index contributed by atoms with van der Waals surface area (Å²) in [5, 5.41) is 3.48. The second-order valence-corrected chi connectivity index (χ2v) is 5.68. The number of piperidine rings is 1. The summed E-state index contributed by atoms with van der Waals surface area (Å²) in [5.41, 5.74) is 2.57. The van der Waals surface area contributed by atoms with Crippen LogP contribution in [0.25, 0.3) is 0 Å². The van der Waals surface area contributed by atoms with Gasteiger partial charge in [0.2, 0.25) is 0 Å². The smallest absolute Gasteiger partial charge is 0.0945 e. The normalized spacial score (nSPS) is 15.1. The van der Waals surface area contributed by atoms with Crippen LogP contribution in [0.1, 0.15) is 25.7 Å². The minimum absolute atomic E-state index is 0.987. The Balaban J connectivity index is 1.43. The van der Waals surface area contributed by atoms with E-state index in [1.54, 1.807) is 0 Å². The SMILES string of the molecule is c1cn(CCCNc2ccc(N3CCCCC3)cc2)cn1. The molecule has 2 aromatic rings. The highest BCUT2D eigenvalue weighted by molar-refractivity contribution is 5.55. The van der Waals surface area contributed by atoms with E-state index in [1.807, 2.05) is 18.7 Å². The summed E-state index contributed by atoms with van der Waals surface area (Å²) in [6.07, 6.45) is 10.8. The fourth-order valence-electron chi connectivity index (χ4n) is 2.86. The van der Waals surface area contributed by atoms with Gasteiger partial charge >= 0.3 is 0 Å². The highest BCUT2D eigenvalue weighted by Gasteiger charge is 2.10. The van der Waals surface area contributed by atoms with Crippen LogP contribution in [0.3, 0.4) is 0 Å². The van der Waals surface area contributed by atoms with Gasteiger partial charge < -0.3 is 14.8 Å². The zero-order chi connectivity index (χ0) is 14.3. The van der Waals surface area contributed by atoms with Gasteiger partial charge in [-0.05, 0) is 49.9 Å². The molecule has 1 aromatic carbocycles. The zero-order valence-electron chi connectivity index (χ0n) is 12.5. The number of anilines is 2. The van der Waals surface area contributed by atoms with Crippen LogP contribution < -0.4 is 10.2 Å². The third-order valence-electron chi connectivity index (χ3n) is 4.07. The fraction of sp³-hybridized carbons (Fsp3) is 0.471. The molecule has 3 rings (SSSR count). The molecule has 21 heavy (non-hydrogen) atoms. The number of hydrogen-bond donors (Lipinski definition) is 1. The second kappa shape index (κ2) is 7.16. The Morgan fingerprint density at radius 2 is 1.86 bits per heavy atom. The number of imidazole rings is 1. The van der Waals surface area contributed by atoms with Crippen LogP contribution in [-0.2, 0) is 6.54 Å². The predicted molar refractivity (Wildman–Crippen MR) is 87.8 cm³/mol. The van der Waals surface area contributed by atoms with Gasteiger partial charge in [0.15, 0.2) is 0 Å². The molecule has 1 fully saturated rings. The van der Waals surface area contributed by atoms with Gasteiger partial charge in [-0.3, -0.25) is 0 Å². The molecule has 0 amide bonds. The average Bonchev–Trinajstić information content (AvgIpc) is 3.06. The van der Waals surface area contributed by atoms with Gasteiger partial charge in [-0.1, -0.05) is 0 Å². The summed E-state index contributed by atoms with van der Waals surface area (Å²) >= 11 is 0. The van der Waals surface area contributed by atoms with Crippen LogP contribution >= 0.6 is 0 Å². The van der Waals surface area contributed by atoms with Crippen molar-refractivity contribution in [3.05, 3.63) is 43.0 Å². The molecule has 1 saturated heterocycles.